The minimum Gasteiger partial charge on any atom is -0.311 e. The van der Waals surface area contributed by atoms with Crippen LogP contribution in [0.2, 0.25) is 0 Å². The van der Waals surface area contributed by atoms with Crippen molar-refractivity contribution < 1.29 is 4.92 Å². The van der Waals surface area contributed by atoms with Gasteiger partial charge in [0, 0.05) is 23.9 Å². The molecule has 1 aromatic heterocycles. The normalized spacial score (nSPS) is 10.3. The Morgan fingerprint density at radius 2 is 2.00 bits per heavy atom. The summed E-state index contributed by atoms with van der Waals surface area (Å²) in [6.45, 7) is 2.04. The van der Waals surface area contributed by atoms with Crippen LogP contribution in [0.25, 0.3) is 0 Å². The van der Waals surface area contributed by atoms with Gasteiger partial charge in [0.05, 0.1) is 11.5 Å². The summed E-state index contributed by atoms with van der Waals surface area (Å²) in [6.07, 6.45) is 1.67. The fourth-order valence-corrected chi connectivity index (χ4v) is 1.81. The first-order valence-corrected chi connectivity index (χ1v) is 5.48. The molecular weight excluding hydrogens is 232 g/mol. The summed E-state index contributed by atoms with van der Waals surface area (Å²) in [7, 11) is 0. The molecule has 0 spiro atoms. The van der Waals surface area contributed by atoms with Gasteiger partial charge < -0.3 is 4.57 Å². The van der Waals surface area contributed by atoms with Crippen molar-refractivity contribution in [2.75, 3.05) is 0 Å². The molecule has 0 bridgehead atoms. The van der Waals surface area contributed by atoms with Gasteiger partial charge in [-0.25, -0.2) is 0 Å². The monoisotopic (exact) mass is 244 g/mol. The maximum absolute atomic E-state index is 11.6. The van der Waals surface area contributed by atoms with Crippen molar-refractivity contribution in [2.24, 2.45) is 0 Å². The number of nitro benzene ring substituents is 1. The van der Waals surface area contributed by atoms with Crippen molar-refractivity contribution in [2.45, 2.75) is 13.5 Å². The van der Waals surface area contributed by atoms with Gasteiger partial charge in [-0.3, -0.25) is 14.9 Å². The average Bonchev–Trinajstić information content (AvgIpc) is 2.34. The second kappa shape index (κ2) is 4.83. The molecule has 0 N–H and O–H groups in total. The summed E-state index contributed by atoms with van der Waals surface area (Å²) in [4.78, 5) is 22.0. The molecule has 0 unspecified atom stereocenters. The minimum absolute atomic E-state index is 0.0801. The van der Waals surface area contributed by atoms with E-state index in [9.17, 15) is 14.9 Å². The third-order valence-corrected chi connectivity index (χ3v) is 2.85. The van der Waals surface area contributed by atoms with Crippen LogP contribution >= 0.6 is 0 Å². The SMILES string of the molecule is Cc1c(Cn2ccccc2=O)cccc1[N+](=O)[O-]. The van der Waals surface area contributed by atoms with Crippen molar-refractivity contribution >= 4 is 5.69 Å². The first kappa shape index (κ1) is 12.0. The first-order valence-electron chi connectivity index (χ1n) is 5.48. The molecule has 1 heterocycles. The Morgan fingerprint density at radius 1 is 1.22 bits per heavy atom. The van der Waals surface area contributed by atoms with E-state index in [4.69, 9.17) is 0 Å². The molecule has 0 aliphatic carbocycles. The van der Waals surface area contributed by atoms with Crippen molar-refractivity contribution in [3.8, 4) is 0 Å². The van der Waals surface area contributed by atoms with E-state index in [-0.39, 0.29) is 11.2 Å². The maximum atomic E-state index is 11.6. The van der Waals surface area contributed by atoms with Crippen LogP contribution in [-0.2, 0) is 6.54 Å². The lowest BCUT2D eigenvalue weighted by Gasteiger charge is -2.08. The van der Waals surface area contributed by atoms with Crippen LogP contribution in [0.15, 0.2) is 47.4 Å². The third-order valence-electron chi connectivity index (χ3n) is 2.85. The number of nitro groups is 1. The molecule has 0 amide bonds. The summed E-state index contributed by atoms with van der Waals surface area (Å²) >= 11 is 0. The quantitative estimate of drug-likeness (QED) is 0.613. The summed E-state index contributed by atoms with van der Waals surface area (Å²) in [6, 6.07) is 9.78. The van der Waals surface area contributed by atoms with Gasteiger partial charge in [0.1, 0.15) is 0 Å². The number of aromatic nitrogens is 1. The van der Waals surface area contributed by atoms with E-state index >= 15 is 0 Å². The molecule has 0 radical (unpaired) electrons. The first-order chi connectivity index (χ1) is 8.59. The van der Waals surface area contributed by atoms with Crippen LogP contribution in [0.5, 0.6) is 0 Å². The number of hydrogen-bond acceptors (Lipinski definition) is 3. The van der Waals surface area contributed by atoms with Crippen LogP contribution in [0.4, 0.5) is 5.69 Å². The van der Waals surface area contributed by atoms with E-state index < -0.39 is 4.92 Å². The van der Waals surface area contributed by atoms with Gasteiger partial charge in [-0.2, -0.15) is 0 Å². The molecule has 92 valence electrons. The molecule has 0 saturated heterocycles. The van der Waals surface area contributed by atoms with Crippen molar-refractivity contribution in [3.05, 3.63) is 74.2 Å². The van der Waals surface area contributed by atoms with E-state index in [0.29, 0.717) is 12.1 Å². The predicted molar refractivity (Wildman–Crippen MR) is 67.6 cm³/mol. The highest BCUT2D eigenvalue weighted by Crippen LogP contribution is 2.21. The molecule has 2 rings (SSSR count). The van der Waals surface area contributed by atoms with Gasteiger partial charge in [-0.15, -0.1) is 0 Å². The molecular formula is C13H12N2O3. The molecule has 2 aromatic rings. The van der Waals surface area contributed by atoms with E-state index in [0.717, 1.165) is 5.56 Å². The van der Waals surface area contributed by atoms with Crippen molar-refractivity contribution in [3.63, 3.8) is 0 Å². The van der Waals surface area contributed by atoms with Crippen LogP contribution in [0.1, 0.15) is 11.1 Å². The Hall–Kier alpha value is -2.43. The third kappa shape index (κ3) is 2.29. The van der Waals surface area contributed by atoms with E-state index in [1.54, 1.807) is 37.4 Å². The Bertz CT molecular complexity index is 647. The maximum Gasteiger partial charge on any atom is 0.272 e. The summed E-state index contributed by atoms with van der Waals surface area (Å²) < 4.78 is 1.52. The molecule has 0 atom stereocenters. The van der Waals surface area contributed by atoms with E-state index in [1.165, 1.54) is 16.7 Å². The van der Waals surface area contributed by atoms with Crippen LogP contribution in [-0.4, -0.2) is 9.49 Å². The average molecular weight is 244 g/mol. The smallest absolute Gasteiger partial charge is 0.272 e. The molecule has 18 heavy (non-hydrogen) atoms. The molecule has 5 heteroatoms. The van der Waals surface area contributed by atoms with E-state index in [1.807, 2.05) is 0 Å². The van der Waals surface area contributed by atoms with Crippen molar-refractivity contribution in [1.29, 1.82) is 0 Å². The molecule has 0 saturated carbocycles. The minimum atomic E-state index is -0.410. The topological polar surface area (TPSA) is 65.1 Å². The Morgan fingerprint density at radius 3 is 2.67 bits per heavy atom. The molecule has 1 aromatic carbocycles. The second-order valence-electron chi connectivity index (χ2n) is 3.99. The Labute approximate surface area is 103 Å². The lowest BCUT2D eigenvalue weighted by molar-refractivity contribution is -0.385. The molecule has 5 nitrogen and oxygen atoms in total. The molecule has 0 aliphatic rings. The van der Waals surface area contributed by atoms with Gasteiger partial charge in [-0.1, -0.05) is 18.2 Å². The second-order valence-corrected chi connectivity index (χ2v) is 3.99. The van der Waals surface area contributed by atoms with Gasteiger partial charge in [-0.05, 0) is 18.6 Å². The van der Waals surface area contributed by atoms with Gasteiger partial charge in [0.15, 0.2) is 0 Å². The van der Waals surface area contributed by atoms with Gasteiger partial charge in [0.25, 0.3) is 11.2 Å². The number of pyridine rings is 1. The highest BCUT2D eigenvalue weighted by Gasteiger charge is 2.13. The largest absolute Gasteiger partial charge is 0.311 e. The zero-order valence-corrected chi connectivity index (χ0v) is 9.87. The molecule has 0 aliphatic heterocycles. The standard InChI is InChI=1S/C13H12N2O3/c1-10-11(5-4-6-12(10)15(17)18)9-14-8-3-2-7-13(14)16/h2-8H,9H2,1H3. The lowest BCUT2D eigenvalue weighted by Crippen LogP contribution is -2.18. The zero-order chi connectivity index (χ0) is 13.1. The fourth-order valence-electron chi connectivity index (χ4n) is 1.81. The fraction of sp³-hybridized carbons (Fsp3) is 0.154. The highest BCUT2D eigenvalue weighted by molar-refractivity contribution is 5.44. The highest BCUT2D eigenvalue weighted by atomic mass is 16.6. The Kier molecular flexibility index (Phi) is 3.23. The molecule has 0 fully saturated rings. The van der Waals surface area contributed by atoms with Gasteiger partial charge in [0.2, 0.25) is 0 Å². The van der Waals surface area contributed by atoms with Gasteiger partial charge >= 0.3 is 0 Å². The summed E-state index contributed by atoms with van der Waals surface area (Å²) in [5, 5.41) is 10.8. The van der Waals surface area contributed by atoms with Crippen LogP contribution < -0.4 is 5.56 Å². The Balaban J connectivity index is 2.42. The lowest BCUT2D eigenvalue weighted by atomic mass is 10.1. The number of rotatable bonds is 3. The summed E-state index contributed by atoms with van der Waals surface area (Å²) in [5.41, 5.74) is 1.33. The van der Waals surface area contributed by atoms with Crippen molar-refractivity contribution in [1.82, 2.24) is 4.57 Å². The van der Waals surface area contributed by atoms with Crippen LogP contribution in [0, 0.1) is 17.0 Å². The predicted octanol–water partition coefficient (Wildman–Crippen LogP) is 2.11. The number of benzene rings is 1. The number of nitrogens with zero attached hydrogens (tertiary/aromatic N) is 2. The zero-order valence-electron chi connectivity index (χ0n) is 9.87. The van der Waals surface area contributed by atoms with E-state index in [2.05, 4.69) is 0 Å². The summed E-state index contributed by atoms with van der Waals surface area (Å²) in [5.74, 6) is 0. The number of hydrogen-bond donors (Lipinski definition) is 0. The van der Waals surface area contributed by atoms with Crippen LogP contribution in [0.3, 0.4) is 0 Å².